The molecule has 0 fully saturated rings. The van der Waals surface area contributed by atoms with Gasteiger partial charge in [-0.05, 0) is 34.0 Å². The third-order valence-corrected chi connectivity index (χ3v) is 4.42. The van der Waals surface area contributed by atoms with Gasteiger partial charge in [-0.3, -0.25) is 0 Å². The summed E-state index contributed by atoms with van der Waals surface area (Å²) in [4.78, 5) is 7.77. The van der Waals surface area contributed by atoms with E-state index in [1.807, 2.05) is 24.3 Å². The summed E-state index contributed by atoms with van der Waals surface area (Å²) in [5.41, 5.74) is 2.09. The first-order chi connectivity index (χ1) is 8.49. The van der Waals surface area contributed by atoms with E-state index in [1.54, 1.807) is 0 Å². The molecule has 1 heterocycles. The second kappa shape index (κ2) is 5.63. The van der Waals surface area contributed by atoms with Gasteiger partial charge >= 0.3 is 0 Å². The van der Waals surface area contributed by atoms with Crippen LogP contribution in [0.1, 0.15) is 25.5 Å². The molecule has 0 radical (unpaired) electrons. The lowest BCUT2D eigenvalue weighted by Crippen LogP contribution is -2.00. The molecule has 2 rings (SSSR count). The lowest BCUT2D eigenvalue weighted by Gasteiger charge is -2.11. The van der Waals surface area contributed by atoms with E-state index >= 15 is 0 Å². The minimum absolute atomic E-state index is 0.356. The topological polar surface area (TPSA) is 28.7 Å². The summed E-state index contributed by atoms with van der Waals surface area (Å²) in [5.74, 6) is 1.16. The molecule has 18 heavy (non-hydrogen) atoms. The first kappa shape index (κ1) is 13.9. The maximum atomic E-state index is 5.29. The van der Waals surface area contributed by atoms with E-state index in [0.717, 1.165) is 26.0 Å². The predicted molar refractivity (Wildman–Crippen MR) is 84.3 cm³/mol. The lowest BCUT2D eigenvalue weighted by atomic mass is 10.1. The van der Waals surface area contributed by atoms with Gasteiger partial charge in [-0.2, -0.15) is 0 Å². The second-order valence-corrected chi connectivity index (χ2v) is 6.38. The Morgan fingerprint density at radius 1 is 1.28 bits per heavy atom. The Balaban J connectivity index is 2.63. The molecule has 0 saturated heterocycles. The molecule has 0 atom stereocenters. The Labute approximate surface area is 128 Å². The monoisotopic (exact) mass is 386 g/mol. The number of H-pyrrole nitrogens is 1. The number of rotatable bonds is 2. The van der Waals surface area contributed by atoms with Crippen molar-refractivity contribution in [3.05, 3.63) is 43.5 Å². The molecule has 2 aromatic rings. The molecule has 0 saturated carbocycles. The molecule has 1 aromatic carbocycles. The van der Waals surface area contributed by atoms with Crippen LogP contribution >= 0.6 is 44.1 Å². The number of nitrogens with one attached hydrogen (secondary N) is 1. The predicted octanol–water partition coefficient (Wildman–Crippen LogP) is 5.45. The van der Waals surface area contributed by atoms with Crippen LogP contribution in [0.3, 0.4) is 0 Å². The number of nitrogens with zero attached hydrogens (tertiary/aromatic N) is 1. The van der Waals surface area contributed by atoms with Crippen LogP contribution in [0.25, 0.3) is 11.4 Å². The average Bonchev–Trinajstić information content (AvgIpc) is 2.32. The summed E-state index contributed by atoms with van der Waals surface area (Å²) in [5, 5.41) is 0. The van der Waals surface area contributed by atoms with Gasteiger partial charge in [0, 0.05) is 15.7 Å². The maximum absolute atomic E-state index is 5.29. The van der Waals surface area contributed by atoms with Crippen LogP contribution in [-0.4, -0.2) is 9.97 Å². The van der Waals surface area contributed by atoms with E-state index in [9.17, 15) is 0 Å². The van der Waals surface area contributed by atoms with Crippen molar-refractivity contribution in [3.8, 4) is 11.4 Å². The van der Waals surface area contributed by atoms with Gasteiger partial charge in [0.05, 0.1) is 4.47 Å². The van der Waals surface area contributed by atoms with Crippen LogP contribution in [-0.2, 0) is 0 Å². The van der Waals surface area contributed by atoms with E-state index in [-0.39, 0.29) is 0 Å². The normalized spacial score (nSPS) is 10.9. The minimum atomic E-state index is 0.356. The molecule has 0 spiro atoms. The van der Waals surface area contributed by atoms with Crippen LogP contribution in [0.15, 0.2) is 33.2 Å². The number of halogens is 2. The standard InChI is InChI=1S/C13H12Br2N2S/c1-7(2)11-10(15)13(18)17-12(16-11)8-4-3-5-9(14)6-8/h3-7H,1-2H3,(H,16,17,18). The van der Waals surface area contributed by atoms with Gasteiger partial charge in [0.25, 0.3) is 0 Å². The van der Waals surface area contributed by atoms with Gasteiger partial charge in [0.15, 0.2) is 0 Å². The van der Waals surface area contributed by atoms with Gasteiger partial charge in [0.1, 0.15) is 10.5 Å². The zero-order valence-electron chi connectivity index (χ0n) is 10.00. The molecular weight excluding hydrogens is 376 g/mol. The van der Waals surface area contributed by atoms with Gasteiger partial charge < -0.3 is 4.98 Å². The first-order valence-electron chi connectivity index (χ1n) is 5.54. The molecule has 5 heteroatoms. The molecule has 2 nitrogen and oxygen atoms in total. The highest BCUT2D eigenvalue weighted by molar-refractivity contribution is 9.10. The van der Waals surface area contributed by atoms with E-state index in [0.29, 0.717) is 10.6 Å². The molecule has 0 aliphatic heterocycles. The number of hydrogen-bond donors (Lipinski definition) is 1. The van der Waals surface area contributed by atoms with E-state index < -0.39 is 0 Å². The summed E-state index contributed by atoms with van der Waals surface area (Å²) in [6, 6.07) is 8.00. The molecule has 0 bridgehead atoms. The quantitative estimate of drug-likeness (QED) is 0.693. The average molecular weight is 388 g/mol. The Morgan fingerprint density at radius 3 is 2.61 bits per heavy atom. The highest BCUT2D eigenvalue weighted by atomic mass is 79.9. The van der Waals surface area contributed by atoms with Crippen molar-refractivity contribution >= 4 is 44.1 Å². The Bertz CT molecular complexity index is 635. The fourth-order valence-electron chi connectivity index (χ4n) is 1.65. The van der Waals surface area contributed by atoms with Crippen LogP contribution in [0, 0.1) is 4.64 Å². The van der Waals surface area contributed by atoms with Crippen LogP contribution < -0.4 is 0 Å². The fraction of sp³-hybridized carbons (Fsp3) is 0.231. The number of aromatic amines is 1. The Hall–Kier alpha value is -0.520. The zero-order chi connectivity index (χ0) is 13.3. The number of aromatic nitrogens is 2. The largest absolute Gasteiger partial charge is 0.342 e. The summed E-state index contributed by atoms with van der Waals surface area (Å²) in [6.07, 6.45) is 0. The maximum Gasteiger partial charge on any atom is 0.144 e. The van der Waals surface area contributed by atoms with E-state index in [1.165, 1.54) is 0 Å². The molecular formula is C13H12Br2N2S. The van der Waals surface area contributed by atoms with Gasteiger partial charge in [-0.15, -0.1) is 0 Å². The summed E-state index contributed by atoms with van der Waals surface area (Å²) >= 11 is 12.2. The summed E-state index contributed by atoms with van der Waals surface area (Å²) in [6.45, 7) is 4.24. The van der Waals surface area contributed by atoms with Gasteiger partial charge in [-0.1, -0.05) is 54.1 Å². The smallest absolute Gasteiger partial charge is 0.144 e. The first-order valence-corrected chi connectivity index (χ1v) is 7.54. The molecule has 0 unspecified atom stereocenters. The van der Waals surface area contributed by atoms with Gasteiger partial charge in [0.2, 0.25) is 0 Å². The molecule has 0 aliphatic rings. The third-order valence-electron chi connectivity index (χ3n) is 2.57. The molecule has 94 valence electrons. The number of hydrogen-bond acceptors (Lipinski definition) is 2. The summed E-state index contributed by atoms with van der Waals surface area (Å²) < 4.78 is 2.49. The molecule has 1 N–H and O–H groups in total. The highest BCUT2D eigenvalue weighted by Crippen LogP contribution is 2.27. The van der Waals surface area contributed by atoms with Crippen LogP contribution in [0.2, 0.25) is 0 Å². The van der Waals surface area contributed by atoms with E-state index in [4.69, 9.17) is 12.2 Å². The molecule has 0 aliphatic carbocycles. The third kappa shape index (κ3) is 2.90. The lowest BCUT2D eigenvalue weighted by molar-refractivity contribution is 0.807. The fourth-order valence-corrected chi connectivity index (χ4v) is 2.89. The van der Waals surface area contributed by atoms with Crippen molar-refractivity contribution in [3.63, 3.8) is 0 Å². The molecule has 0 amide bonds. The van der Waals surface area contributed by atoms with Crippen molar-refractivity contribution in [2.24, 2.45) is 0 Å². The van der Waals surface area contributed by atoms with Gasteiger partial charge in [-0.25, -0.2) is 4.98 Å². The SMILES string of the molecule is CC(C)c1[nH]c(-c2cccc(Br)c2)nc(=S)c1Br. The van der Waals surface area contributed by atoms with Crippen LogP contribution in [0.5, 0.6) is 0 Å². The van der Waals surface area contributed by atoms with Crippen molar-refractivity contribution in [1.29, 1.82) is 0 Å². The number of benzene rings is 1. The van der Waals surface area contributed by atoms with Crippen molar-refractivity contribution < 1.29 is 0 Å². The minimum Gasteiger partial charge on any atom is -0.342 e. The van der Waals surface area contributed by atoms with Crippen molar-refractivity contribution in [1.82, 2.24) is 9.97 Å². The van der Waals surface area contributed by atoms with Crippen molar-refractivity contribution in [2.75, 3.05) is 0 Å². The molecule has 1 aromatic heterocycles. The second-order valence-electron chi connectivity index (χ2n) is 4.28. The zero-order valence-corrected chi connectivity index (χ0v) is 14.0. The van der Waals surface area contributed by atoms with Crippen LogP contribution in [0.4, 0.5) is 0 Å². The van der Waals surface area contributed by atoms with E-state index in [2.05, 4.69) is 55.7 Å². The Morgan fingerprint density at radius 2 is 2.00 bits per heavy atom. The highest BCUT2D eigenvalue weighted by Gasteiger charge is 2.10. The van der Waals surface area contributed by atoms with Crippen molar-refractivity contribution in [2.45, 2.75) is 19.8 Å². The Kier molecular flexibility index (Phi) is 4.35. The summed E-state index contributed by atoms with van der Waals surface area (Å²) in [7, 11) is 0.